The molecule has 2 aliphatic rings. The van der Waals surface area contributed by atoms with Gasteiger partial charge >= 0.3 is 0 Å². The molecule has 0 amide bonds. The first-order chi connectivity index (χ1) is 15.8. The molecule has 0 aliphatic carbocycles. The molecule has 0 aromatic heterocycles. The Morgan fingerprint density at radius 2 is 1.55 bits per heavy atom. The number of fused-ring (bicyclic) bond motifs is 2. The molecule has 0 spiro atoms. The SMILES string of the molecule is CCCCN1/C(=C/C=C/C2[NH+](CCCC)c3ccccc3C2(C)C)C(C)(C)c2ccccc21. The van der Waals surface area contributed by atoms with Crippen LogP contribution in [0.1, 0.15) is 78.4 Å². The Hall–Kier alpha value is -2.32. The maximum Gasteiger partial charge on any atom is 0.135 e. The summed E-state index contributed by atoms with van der Waals surface area (Å²) < 4.78 is 0. The van der Waals surface area contributed by atoms with Gasteiger partial charge < -0.3 is 4.90 Å². The van der Waals surface area contributed by atoms with Crippen LogP contribution in [0.2, 0.25) is 0 Å². The zero-order valence-electron chi connectivity index (χ0n) is 21.6. The average Bonchev–Trinajstić information content (AvgIpc) is 3.16. The normalized spacial score (nSPS) is 23.9. The monoisotopic (exact) mass is 443 g/mol. The molecule has 0 bridgehead atoms. The summed E-state index contributed by atoms with van der Waals surface area (Å²) >= 11 is 0. The fraction of sp³-hybridized carbons (Fsp3) is 0.484. The van der Waals surface area contributed by atoms with E-state index in [-0.39, 0.29) is 10.8 Å². The lowest BCUT2D eigenvalue weighted by atomic mass is 9.80. The summed E-state index contributed by atoms with van der Waals surface area (Å²) in [5, 5.41) is 0. The summed E-state index contributed by atoms with van der Waals surface area (Å²) in [6.45, 7) is 16.5. The number of nitrogens with one attached hydrogen (secondary N) is 1. The molecule has 2 heterocycles. The van der Waals surface area contributed by atoms with Crippen molar-refractivity contribution in [1.82, 2.24) is 0 Å². The Bertz CT molecular complexity index is 1030. The van der Waals surface area contributed by atoms with Crippen molar-refractivity contribution in [3.8, 4) is 0 Å². The molecular weight excluding hydrogens is 400 g/mol. The largest absolute Gasteiger partial charge is 0.344 e. The average molecular weight is 444 g/mol. The van der Waals surface area contributed by atoms with Crippen molar-refractivity contribution in [2.24, 2.45) is 0 Å². The van der Waals surface area contributed by atoms with Gasteiger partial charge in [-0.25, -0.2) is 0 Å². The maximum absolute atomic E-state index is 2.57. The van der Waals surface area contributed by atoms with Crippen LogP contribution in [-0.4, -0.2) is 19.1 Å². The summed E-state index contributed by atoms with van der Waals surface area (Å²) in [6, 6.07) is 18.5. The minimum atomic E-state index is 0.0254. The number of hydrogen-bond acceptors (Lipinski definition) is 1. The number of rotatable bonds is 8. The Labute approximate surface area is 202 Å². The van der Waals surface area contributed by atoms with E-state index in [1.165, 1.54) is 60.4 Å². The van der Waals surface area contributed by atoms with E-state index < -0.39 is 0 Å². The van der Waals surface area contributed by atoms with E-state index in [1.54, 1.807) is 4.90 Å². The van der Waals surface area contributed by atoms with Crippen molar-refractivity contribution in [2.45, 2.75) is 84.1 Å². The van der Waals surface area contributed by atoms with Crippen molar-refractivity contribution in [3.05, 3.63) is 83.6 Å². The molecule has 2 nitrogen and oxygen atoms in total. The van der Waals surface area contributed by atoms with E-state index in [2.05, 4.69) is 113 Å². The summed E-state index contributed by atoms with van der Waals surface area (Å²) in [5.74, 6) is 0. The van der Waals surface area contributed by atoms with Crippen LogP contribution in [0, 0.1) is 0 Å². The summed E-state index contributed by atoms with van der Waals surface area (Å²) in [7, 11) is 0. The highest BCUT2D eigenvalue weighted by molar-refractivity contribution is 5.70. The predicted molar refractivity (Wildman–Crippen MR) is 143 cm³/mol. The van der Waals surface area contributed by atoms with Gasteiger partial charge in [0.2, 0.25) is 0 Å². The van der Waals surface area contributed by atoms with Gasteiger partial charge in [-0.3, -0.25) is 4.90 Å². The van der Waals surface area contributed by atoms with Crippen molar-refractivity contribution < 1.29 is 4.90 Å². The Balaban J connectivity index is 1.68. The minimum absolute atomic E-state index is 0.0254. The lowest BCUT2D eigenvalue weighted by molar-refractivity contribution is -0.850. The van der Waals surface area contributed by atoms with Gasteiger partial charge in [0.05, 0.1) is 12.0 Å². The van der Waals surface area contributed by atoms with Gasteiger partial charge in [0, 0.05) is 28.9 Å². The maximum atomic E-state index is 2.57. The van der Waals surface area contributed by atoms with Crippen LogP contribution in [0.15, 0.2) is 72.5 Å². The lowest BCUT2D eigenvalue weighted by Crippen LogP contribution is -3.10. The second-order valence-electron chi connectivity index (χ2n) is 11.0. The molecule has 1 N–H and O–H groups in total. The first-order valence-electron chi connectivity index (χ1n) is 13.1. The molecule has 0 radical (unpaired) electrons. The second-order valence-corrected chi connectivity index (χ2v) is 11.0. The quantitative estimate of drug-likeness (QED) is 0.477. The highest BCUT2D eigenvalue weighted by Gasteiger charge is 2.47. The molecule has 33 heavy (non-hydrogen) atoms. The van der Waals surface area contributed by atoms with E-state index in [1.807, 2.05) is 0 Å². The molecular formula is C31H43N2+. The van der Waals surface area contributed by atoms with Crippen LogP contribution < -0.4 is 9.80 Å². The molecule has 0 fully saturated rings. The number of allylic oxidation sites excluding steroid dienone is 3. The third-order valence-corrected chi connectivity index (χ3v) is 8.01. The van der Waals surface area contributed by atoms with Gasteiger partial charge in [-0.05, 0) is 56.5 Å². The van der Waals surface area contributed by atoms with Crippen LogP contribution >= 0.6 is 0 Å². The lowest BCUT2D eigenvalue weighted by Gasteiger charge is -2.28. The topological polar surface area (TPSA) is 7.68 Å². The van der Waals surface area contributed by atoms with Crippen molar-refractivity contribution >= 4 is 11.4 Å². The summed E-state index contributed by atoms with van der Waals surface area (Å²) in [4.78, 5) is 4.20. The first-order valence-corrected chi connectivity index (χ1v) is 13.1. The number of benzene rings is 2. The van der Waals surface area contributed by atoms with Gasteiger partial charge in [0.25, 0.3) is 0 Å². The van der Waals surface area contributed by atoms with Crippen LogP contribution in [0.5, 0.6) is 0 Å². The number of quaternary nitrogens is 1. The van der Waals surface area contributed by atoms with E-state index >= 15 is 0 Å². The fourth-order valence-corrected chi connectivity index (χ4v) is 6.07. The molecule has 2 aromatic rings. The first kappa shape index (κ1) is 23.8. The van der Waals surface area contributed by atoms with E-state index in [4.69, 9.17) is 0 Å². The fourth-order valence-electron chi connectivity index (χ4n) is 6.07. The highest BCUT2D eigenvalue weighted by atomic mass is 15.2. The van der Waals surface area contributed by atoms with Crippen LogP contribution in [0.3, 0.4) is 0 Å². The van der Waals surface area contributed by atoms with Gasteiger partial charge in [-0.2, -0.15) is 0 Å². The molecule has 0 saturated carbocycles. The molecule has 2 unspecified atom stereocenters. The number of anilines is 1. The minimum Gasteiger partial charge on any atom is -0.344 e. The third-order valence-electron chi connectivity index (χ3n) is 8.01. The van der Waals surface area contributed by atoms with Gasteiger partial charge in [-0.15, -0.1) is 0 Å². The molecule has 0 saturated heterocycles. The number of para-hydroxylation sites is 2. The van der Waals surface area contributed by atoms with E-state index in [0.29, 0.717) is 6.04 Å². The molecule has 2 aromatic carbocycles. The van der Waals surface area contributed by atoms with Crippen molar-refractivity contribution in [1.29, 1.82) is 0 Å². The summed E-state index contributed by atoms with van der Waals surface area (Å²) in [6.07, 6.45) is 12.2. The van der Waals surface area contributed by atoms with E-state index in [0.717, 1.165) is 6.54 Å². The molecule has 4 rings (SSSR count). The third kappa shape index (κ3) is 4.19. The van der Waals surface area contributed by atoms with Gasteiger partial charge in [-0.1, -0.05) is 83.0 Å². The number of nitrogens with zero attached hydrogens (tertiary/aromatic N) is 1. The van der Waals surface area contributed by atoms with Crippen LogP contribution in [0.4, 0.5) is 11.4 Å². The van der Waals surface area contributed by atoms with Crippen molar-refractivity contribution in [2.75, 3.05) is 18.0 Å². The summed E-state index contributed by atoms with van der Waals surface area (Å²) in [5.41, 5.74) is 7.43. The molecule has 176 valence electrons. The predicted octanol–water partition coefficient (Wildman–Crippen LogP) is 6.70. The van der Waals surface area contributed by atoms with Crippen LogP contribution in [-0.2, 0) is 10.8 Å². The zero-order valence-corrected chi connectivity index (χ0v) is 21.6. The zero-order chi connectivity index (χ0) is 23.6. The Morgan fingerprint density at radius 1 is 0.879 bits per heavy atom. The Morgan fingerprint density at radius 3 is 2.27 bits per heavy atom. The van der Waals surface area contributed by atoms with E-state index in [9.17, 15) is 0 Å². The second kappa shape index (κ2) is 9.50. The molecule has 2 atom stereocenters. The van der Waals surface area contributed by atoms with Crippen molar-refractivity contribution in [3.63, 3.8) is 0 Å². The number of unbranched alkanes of at least 4 members (excludes halogenated alkanes) is 2. The van der Waals surface area contributed by atoms with Gasteiger partial charge in [0.1, 0.15) is 11.7 Å². The van der Waals surface area contributed by atoms with Crippen LogP contribution in [0.25, 0.3) is 0 Å². The van der Waals surface area contributed by atoms with Gasteiger partial charge in [0.15, 0.2) is 0 Å². The standard InChI is InChI=1S/C31H42N2/c1-7-9-22-32-26-18-13-11-16-24(26)30(3,4)28(32)20-15-21-29-31(5,6)25-17-12-14-19-27(25)33(29)23-10-8-2/h11-21,28H,7-10,22-23H2,1-6H3/p+1/b20-15+,29-21+. The highest BCUT2D eigenvalue weighted by Crippen LogP contribution is 2.47. The smallest absolute Gasteiger partial charge is 0.135 e. The Kier molecular flexibility index (Phi) is 6.86. The molecule has 2 aliphatic heterocycles. The molecule has 2 heteroatoms. The number of hydrogen-bond donors (Lipinski definition) is 1.